The Hall–Kier alpha value is -1.93. The molecule has 0 atom stereocenters. The lowest BCUT2D eigenvalue weighted by Gasteiger charge is -2.11. The fourth-order valence-electron chi connectivity index (χ4n) is 1.60. The Morgan fingerprint density at radius 2 is 2.21 bits per heavy atom. The molecule has 3 nitrogen and oxygen atoms in total. The number of ether oxygens (including phenoxy) is 1. The van der Waals surface area contributed by atoms with Gasteiger partial charge in [-0.05, 0) is 23.8 Å². The number of pyridine rings is 1. The van der Waals surface area contributed by atoms with Crippen LogP contribution in [0.1, 0.15) is 16.8 Å². The summed E-state index contributed by atoms with van der Waals surface area (Å²) in [6.45, 7) is 0.193. The zero-order valence-corrected chi connectivity index (χ0v) is 11.5. The van der Waals surface area contributed by atoms with E-state index in [1.165, 1.54) is 12.3 Å². The molecule has 0 aliphatic rings. The minimum absolute atomic E-state index is 0.193. The van der Waals surface area contributed by atoms with Crippen molar-refractivity contribution in [2.24, 2.45) is 0 Å². The van der Waals surface area contributed by atoms with Gasteiger partial charge in [-0.25, -0.2) is 9.37 Å². The summed E-state index contributed by atoms with van der Waals surface area (Å²) < 4.78 is 19.2. The summed E-state index contributed by atoms with van der Waals surface area (Å²) in [5.41, 5.74) is 1.83. The first-order chi connectivity index (χ1) is 9.24. The molecule has 2 aromatic rings. The van der Waals surface area contributed by atoms with Gasteiger partial charge in [0.05, 0.1) is 0 Å². The fraction of sp³-hybridized carbons (Fsp3) is 0.143. The van der Waals surface area contributed by atoms with E-state index in [9.17, 15) is 4.39 Å². The quantitative estimate of drug-likeness (QED) is 0.809. The average molecular weight is 321 g/mol. The number of rotatable bonds is 4. The Labute approximate surface area is 118 Å². The van der Waals surface area contributed by atoms with E-state index < -0.39 is 5.82 Å². The molecule has 1 heterocycles. The van der Waals surface area contributed by atoms with E-state index in [1.807, 2.05) is 6.07 Å². The van der Waals surface area contributed by atoms with Crippen LogP contribution in [0.5, 0.6) is 5.75 Å². The minimum atomic E-state index is -0.397. The largest absolute Gasteiger partial charge is 0.486 e. The molecule has 0 bridgehead atoms. The van der Waals surface area contributed by atoms with Crippen molar-refractivity contribution in [3.8, 4) is 11.8 Å². The highest BCUT2D eigenvalue weighted by Gasteiger charge is 2.09. The van der Waals surface area contributed by atoms with Crippen molar-refractivity contribution in [1.29, 1.82) is 5.26 Å². The van der Waals surface area contributed by atoms with Crippen molar-refractivity contribution >= 4 is 15.9 Å². The third-order valence-electron chi connectivity index (χ3n) is 2.51. The molecule has 0 spiro atoms. The van der Waals surface area contributed by atoms with Gasteiger partial charge in [0, 0.05) is 17.1 Å². The topological polar surface area (TPSA) is 45.9 Å². The molecule has 19 heavy (non-hydrogen) atoms. The first-order valence-electron chi connectivity index (χ1n) is 5.55. The van der Waals surface area contributed by atoms with Gasteiger partial charge in [0.2, 0.25) is 0 Å². The van der Waals surface area contributed by atoms with Crippen LogP contribution in [-0.2, 0) is 11.9 Å². The van der Waals surface area contributed by atoms with Gasteiger partial charge in [-0.2, -0.15) is 5.26 Å². The van der Waals surface area contributed by atoms with E-state index in [4.69, 9.17) is 10.00 Å². The van der Waals surface area contributed by atoms with E-state index in [1.54, 1.807) is 24.3 Å². The lowest BCUT2D eigenvalue weighted by Crippen LogP contribution is -2.01. The number of alkyl halides is 1. The number of nitriles is 1. The molecular weight excluding hydrogens is 311 g/mol. The van der Waals surface area contributed by atoms with Gasteiger partial charge >= 0.3 is 0 Å². The Kier molecular flexibility index (Phi) is 4.48. The molecule has 0 aliphatic heterocycles. The van der Waals surface area contributed by atoms with Gasteiger partial charge in [-0.3, -0.25) is 0 Å². The number of para-hydroxylation sites is 1. The lowest BCUT2D eigenvalue weighted by atomic mass is 10.2. The third-order valence-corrected chi connectivity index (χ3v) is 3.12. The molecule has 0 fully saturated rings. The first kappa shape index (κ1) is 13.5. The van der Waals surface area contributed by atoms with Crippen LogP contribution in [0.2, 0.25) is 0 Å². The first-order valence-corrected chi connectivity index (χ1v) is 6.68. The molecule has 0 radical (unpaired) electrons. The van der Waals surface area contributed by atoms with E-state index in [0.29, 0.717) is 11.0 Å². The summed E-state index contributed by atoms with van der Waals surface area (Å²) in [5.74, 6) is -0.166. The molecule has 2 rings (SSSR count). The minimum Gasteiger partial charge on any atom is -0.486 e. The highest BCUT2D eigenvalue weighted by molar-refractivity contribution is 9.08. The second kappa shape index (κ2) is 6.30. The van der Waals surface area contributed by atoms with Gasteiger partial charge in [-0.1, -0.05) is 28.1 Å². The van der Waals surface area contributed by atoms with Crippen LogP contribution in [0.15, 0.2) is 36.5 Å². The monoisotopic (exact) mass is 320 g/mol. The molecule has 0 amide bonds. The van der Waals surface area contributed by atoms with Crippen LogP contribution in [0.25, 0.3) is 0 Å². The molecule has 0 saturated heterocycles. The number of nitrogens with zero attached hydrogens (tertiary/aromatic N) is 2. The van der Waals surface area contributed by atoms with Crippen LogP contribution >= 0.6 is 15.9 Å². The predicted octanol–water partition coefficient (Wildman–Crippen LogP) is 3.57. The van der Waals surface area contributed by atoms with Gasteiger partial charge in [0.1, 0.15) is 18.4 Å². The molecule has 0 saturated carbocycles. The Morgan fingerprint density at radius 3 is 2.95 bits per heavy atom. The van der Waals surface area contributed by atoms with E-state index in [-0.39, 0.29) is 12.4 Å². The molecule has 1 aromatic heterocycles. The fourth-order valence-corrected chi connectivity index (χ4v) is 2.04. The molecular formula is C14H10BrFN2O. The van der Waals surface area contributed by atoms with Gasteiger partial charge < -0.3 is 4.74 Å². The summed E-state index contributed by atoms with van der Waals surface area (Å²) in [4.78, 5) is 3.87. The zero-order valence-electron chi connectivity index (χ0n) is 9.94. The van der Waals surface area contributed by atoms with Crippen molar-refractivity contribution in [1.82, 2.24) is 4.98 Å². The summed E-state index contributed by atoms with van der Waals surface area (Å²) in [5, 5.41) is 9.27. The Bertz CT molecular complexity index is 625. The maximum Gasteiger partial charge on any atom is 0.165 e. The molecule has 5 heteroatoms. The Balaban J connectivity index is 2.17. The molecule has 0 aliphatic carbocycles. The molecule has 0 N–H and O–H groups in total. The van der Waals surface area contributed by atoms with Crippen molar-refractivity contribution in [3.05, 3.63) is 59.2 Å². The normalized spacial score (nSPS) is 9.95. The van der Waals surface area contributed by atoms with Gasteiger partial charge in [0.25, 0.3) is 0 Å². The summed E-state index contributed by atoms with van der Waals surface area (Å²) in [6.07, 6.45) is 1.53. The van der Waals surface area contributed by atoms with Crippen molar-refractivity contribution in [2.45, 2.75) is 11.9 Å². The zero-order chi connectivity index (χ0) is 13.7. The van der Waals surface area contributed by atoms with Crippen LogP contribution in [0, 0.1) is 17.1 Å². The smallest absolute Gasteiger partial charge is 0.165 e. The van der Waals surface area contributed by atoms with Crippen molar-refractivity contribution in [2.75, 3.05) is 0 Å². The van der Waals surface area contributed by atoms with E-state index >= 15 is 0 Å². The standard InChI is InChI=1S/C14H10BrFN2O/c15-7-11-2-1-3-13(16)14(11)19-9-10-4-5-18-12(6-10)8-17/h1-6H,7,9H2. The number of benzene rings is 1. The number of hydrogen-bond acceptors (Lipinski definition) is 3. The summed E-state index contributed by atoms with van der Waals surface area (Å²) in [7, 11) is 0. The van der Waals surface area contributed by atoms with Crippen LogP contribution < -0.4 is 4.74 Å². The highest BCUT2D eigenvalue weighted by Crippen LogP contribution is 2.25. The number of halogens is 2. The predicted molar refractivity (Wildman–Crippen MR) is 72.3 cm³/mol. The van der Waals surface area contributed by atoms with Crippen LogP contribution in [-0.4, -0.2) is 4.98 Å². The molecule has 96 valence electrons. The van der Waals surface area contributed by atoms with E-state index in [0.717, 1.165) is 11.1 Å². The lowest BCUT2D eigenvalue weighted by molar-refractivity contribution is 0.288. The van der Waals surface area contributed by atoms with Gasteiger partial charge in [-0.15, -0.1) is 0 Å². The summed E-state index contributed by atoms with van der Waals surface area (Å²) >= 11 is 3.29. The van der Waals surface area contributed by atoms with Crippen molar-refractivity contribution < 1.29 is 9.13 Å². The van der Waals surface area contributed by atoms with Crippen LogP contribution in [0.3, 0.4) is 0 Å². The second-order valence-electron chi connectivity index (χ2n) is 3.81. The number of aromatic nitrogens is 1. The highest BCUT2D eigenvalue weighted by atomic mass is 79.9. The third kappa shape index (κ3) is 3.30. The second-order valence-corrected chi connectivity index (χ2v) is 4.37. The van der Waals surface area contributed by atoms with E-state index in [2.05, 4.69) is 20.9 Å². The maximum absolute atomic E-state index is 13.7. The Morgan fingerprint density at radius 1 is 1.37 bits per heavy atom. The van der Waals surface area contributed by atoms with Crippen LogP contribution in [0.4, 0.5) is 4.39 Å². The summed E-state index contributed by atoms with van der Waals surface area (Å²) in [6, 6.07) is 10.1. The molecule has 1 aromatic carbocycles. The maximum atomic E-state index is 13.7. The number of hydrogen-bond donors (Lipinski definition) is 0. The average Bonchev–Trinajstić information content (AvgIpc) is 2.46. The SMILES string of the molecule is N#Cc1cc(COc2c(F)cccc2CBr)ccn1. The molecule has 0 unspecified atom stereocenters. The van der Waals surface area contributed by atoms with Gasteiger partial charge in [0.15, 0.2) is 11.6 Å². The van der Waals surface area contributed by atoms with Crippen molar-refractivity contribution in [3.63, 3.8) is 0 Å².